The van der Waals surface area contributed by atoms with Gasteiger partial charge in [0.05, 0.1) is 11.0 Å². The number of para-hydroxylation sites is 3. The van der Waals surface area contributed by atoms with Gasteiger partial charge in [0, 0.05) is 25.2 Å². The van der Waals surface area contributed by atoms with Crippen molar-refractivity contribution in [1.82, 2.24) is 14.9 Å². The van der Waals surface area contributed by atoms with Crippen LogP contribution in [0.4, 0.5) is 5.69 Å². The van der Waals surface area contributed by atoms with Crippen LogP contribution < -0.4 is 10.2 Å². The summed E-state index contributed by atoms with van der Waals surface area (Å²) in [6.45, 7) is 3.39. The van der Waals surface area contributed by atoms with Gasteiger partial charge in [0.15, 0.2) is 0 Å². The molecule has 160 valence electrons. The molecule has 4 rings (SSSR count). The molecule has 1 N–H and O–H groups in total. The van der Waals surface area contributed by atoms with Crippen LogP contribution in [0.2, 0.25) is 0 Å². The Hall–Kier alpha value is -3.41. The second-order valence-corrected chi connectivity index (χ2v) is 7.78. The SMILES string of the molecule is C/C=C\C(=O)NCCCc1nc2ccccc2n1CC(=O)N1CCCc2ccccc21. The molecule has 0 radical (unpaired) electrons. The molecule has 0 spiro atoms. The Balaban J connectivity index is 1.52. The highest BCUT2D eigenvalue weighted by molar-refractivity contribution is 5.95. The number of hydrogen-bond acceptors (Lipinski definition) is 3. The summed E-state index contributed by atoms with van der Waals surface area (Å²) in [6, 6.07) is 16.1. The van der Waals surface area contributed by atoms with E-state index in [1.165, 1.54) is 11.6 Å². The summed E-state index contributed by atoms with van der Waals surface area (Å²) in [5.74, 6) is 0.869. The lowest BCUT2D eigenvalue weighted by molar-refractivity contribution is -0.119. The molecule has 0 aliphatic carbocycles. The first-order valence-electron chi connectivity index (χ1n) is 10.9. The summed E-state index contributed by atoms with van der Waals surface area (Å²) in [5.41, 5.74) is 4.11. The largest absolute Gasteiger partial charge is 0.353 e. The number of aryl methyl sites for hydroxylation is 2. The molecule has 0 saturated carbocycles. The van der Waals surface area contributed by atoms with Gasteiger partial charge in [-0.2, -0.15) is 0 Å². The highest BCUT2D eigenvalue weighted by Crippen LogP contribution is 2.27. The lowest BCUT2D eigenvalue weighted by Gasteiger charge is -2.29. The van der Waals surface area contributed by atoms with Crippen LogP contribution in [0.1, 0.15) is 31.2 Å². The third-order valence-electron chi connectivity index (χ3n) is 5.63. The summed E-state index contributed by atoms with van der Waals surface area (Å²) in [6.07, 6.45) is 6.68. The van der Waals surface area contributed by atoms with Crippen LogP contribution in [0, 0.1) is 0 Å². The van der Waals surface area contributed by atoms with Crippen LogP contribution in [0.5, 0.6) is 0 Å². The summed E-state index contributed by atoms with van der Waals surface area (Å²) >= 11 is 0. The summed E-state index contributed by atoms with van der Waals surface area (Å²) < 4.78 is 2.03. The van der Waals surface area contributed by atoms with Gasteiger partial charge >= 0.3 is 0 Å². The van der Waals surface area contributed by atoms with E-state index in [9.17, 15) is 9.59 Å². The number of imidazole rings is 1. The lowest BCUT2D eigenvalue weighted by atomic mass is 10.0. The van der Waals surface area contributed by atoms with Gasteiger partial charge in [-0.3, -0.25) is 9.59 Å². The number of aromatic nitrogens is 2. The average molecular weight is 417 g/mol. The zero-order chi connectivity index (χ0) is 21.6. The molecule has 0 unspecified atom stereocenters. The Morgan fingerprint density at radius 3 is 2.81 bits per heavy atom. The Morgan fingerprint density at radius 1 is 1.13 bits per heavy atom. The minimum atomic E-state index is -0.0880. The number of fused-ring (bicyclic) bond motifs is 2. The molecule has 2 aromatic carbocycles. The zero-order valence-corrected chi connectivity index (χ0v) is 17.9. The van der Waals surface area contributed by atoms with E-state index in [2.05, 4.69) is 11.4 Å². The standard InChI is InChI=1S/C25H28N4O2/c1-2-9-24(30)26-16-7-15-23-27-20-12-4-6-14-22(20)29(23)18-25(31)28-17-8-11-19-10-3-5-13-21(19)28/h2-6,9-10,12-14H,7-8,11,15-18H2,1H3,(H,26,30)/b9-2-. The number of rotatable bonds is 7. The van der Waals surface area contributed by atoms with Crippen molar-refractivity contribution >= 4 is 28.5 Å². The molecule has 0 fully saturated rings. The van der Waals surface area contributed by atoms with Crippen LogP contribution >= 0.6 is 0 Å². The number of nitrogens with zero attached hydrogens (tertiary/aromatic N) is 3. The van der Waals surface area contributed by atoms with Crippen molar-refractivity contribution in [1.29, 1.82) is 0 Å². The van der Waals surface area contributed by atoms with E-state index in [1.54, 1.807) is 6.08 Å². The molecule has 1 aliphatic rings. The smallest absolute Gasteiger partial charge is 0.246 e. The van der Waals surface area contributed by atoms with Gasteiger partial charge in [0.1, 0.15) is 12.4 Å². The van der Waals surface area contributed by atoms with Gasteiger partial charge in [0.2, 0.25) is 11.8 Å². The van der Waals surface area contributed by atoms with Crippen LogP contribution in [0.3, 0.4) is 0 Å². The average Bonchev–Trinajstić information content (AvgIpc) is 3.13. The van der Waals surface area contributed by atoms with E-state index in [1.807, 2.05) is 58.9 Å². The third-order valence-corrected chi connectivity index (χ3v) is 5.63. The van der Waals surface area contributed by atoms with E-state index in [-0.39, 0.29) is 18.4 Å². The maximum absolute atomic E-state index is 13.3. The van der Waals surface area contributed by atoms with Crippen LogP contribution in [-0.4, -0.2) is 34.5 Å². The molecule has 6 nitrogen and oxygen atoms in total. The molecule has 2 heterocycles. The van der Waals surface area contributed by atoms with Crippen molar-refractivity contribution < 1.29 is 9.59 Å². The Morgan fingerprint density at radius 2 is 1.94 bits per heavy atom. The quantitative estimate of drug-likeness (QED) is 0.472. The predicted molar refractivity (Wildman–Crippen MR) is 123 cm³/mol. The molecule has 6 heteroatoms. The molecular weight excluding hydrogens is 388 g/mol. The number of carbonyl (C=O) groups is 2. The summed E-state index contributed by atoms with van der Waals surface area (Å²) in [4.78, 5) is 31.6. The molecular formula is C25H28N4O2. The Bertz CT molecular complexity index is 1120. The van der Waals surface area contributed by atoms with Crippen molar-refractivity contribution in [2.75, 3.05) is 18.0 Å². The van der Waals surface area contributed by atoms with Gasteiger partial charge in [-0.25, -0.2) is 4.98 Å². The number of anilines is 1. The van der Waals surface area contributed by atoms with Crippen molar-refractivity contribution in [2.24, 2.45) is 0 Å². The van der Waals surface area contributed by atoms with E-state index in [0.717, 1.165) is 48.4 Å². The first-order valence-corrected chi connectivity index (χ1v) is 10.9. The number of allylic oxidation sites excluding steroid dienone is 1. The van der Waals surface area contributed by atoms with Crippen molar-refractivity contribution in [3.63, 3.8) is 0 Å². The Labute approximate surface area is 182 Å². The second-order valence-electron chi connectivity index (χ2n) is 7.78. The lowest BCUT2D eigenvalue weighted by Crippen LogP contribution is -2.38. The third kappa shape index (κ3) is 4.68. The molecule has 0 atom stereocenters. The van der Waals surface area contributed by atoms with E-state index >= 15 is 0 Å². The molecule has 1 aromatic heterocycles. The minimum absolute atomic E-state index is 0.0814. The van der Waals surface area contributed by atoms with Gasteiger partial charge in [0.25, 0.3) is 0 Å². The van der Waals surface area contributed by atoms with Crippen molar-refractivity contribution in [3.05, 3.63) is 72.1 Å². The van der Waals surface area contributed by atoms with Crippen LogP contribution in [-0.2, 0) is 29.0 Å². The topological polar surface area (TPSA) is 67.2 Å². The monoisotopic (exact) mass is 416 g/mol. The normalized spacial score (nSPS) is 13.5. The number of hydrogen-bond donors (Lipinski definition) is 1. The molecule has 31 heavy (non-hydrogen) atoms. The van der Waals surface area contributed by atoms with Crippen molar-refractivity contribution in [2.45, 2.75) is 39.2 Å². The fourth-order valence-corrected chi connectivity index (χ4v) is 4.17. The summed E-state index contributed by atoms with van der Waals surface area (Å²) in [5, 5.41) is 2.87. The first-order chi connectivity index (χ1) is 15.2. The van der Waals surface area contributed by atoms with Gasteiger partial charge < -0.3 is 14.8 Å². The zero-order valence-electron chi connectivity index (χ0n) is 17.9. The van der Waals surface area contributed by atoms with Crippen LogP contribution in [0.25, 0.3) is 11.0 Å². The number of carbonyl (C=O) groups excluding carboxylic acids is 2. The van der Waals surface area contributed by atoms with Gasteiger partial charge in [-0.15, -0.1) is 0 Å². The molecule has 0 bridgehead atoms. The van der Waals surface area contributed by atoms with Crippen LogP contribution in [0.15, 0.2) is 60.7 Å². The van der Waals surface area contributed by atoms with Gasteiger partial charge in [-0.05, 0) is 56.0 Å². The number of amides is 2. The molecule has 3 aromatic rings. The van der Waals surface area contributed by atoms with Gasteiger partial charge in [-0.1, -0.05) is 36.4 Å². The molecule has 1 aliphatic heterocycles. The fraction of sp³-hybridized carbons (Fsp3) is 0.320. The Kier molecular flexibility index (Phi) is 6.46. The maximum atomic E-state index is 13.3. The highest BCUT2D eigenvalue weighted by Gasteiger charge is 2.23. The molecule has 2 amide bonds. The number of benzene rings is 2. The maximum Gasteiger partial charge on any atom is 0.246 e. The predicted octanol–water partition coefficient (Wildman–Crippen LogP) is 3.64. The fourth-order valence-electron chi connectivity index (χ4n) is 4.17. The first kappa shape index (κ1) is 20.8. The van der Waals surface area contributed by atoms with E-state index in [4.69, 9.17) is 4.98 Å². The number of nitrogens with one attached hydrogen (secondary N) is 1. The minimum Gasteiger partial charge on any atom is -0.353 e. The van der Waals surface area contributed by atoms with E-state index in [0.29, 0.717) is 13.0 Å². The highest BCUT2D eigenvalue weighted by atomic mass is 16.2. The summed E-state index contributed by atoms with van der Waals surface area (Å²) in [7, 11) is 0. The van der Waals surface area contributed by atoms with Crippen molar-refractivity contribution in [3.8, 4) is 0 Å². The van der Waals surface area contributed by atoms with E-state index < -0.39 is 0 Å². The molecule has 0 saturated heterocycles. The second kappa shape index (κ2) is 9.60.